The van der Waals surface area contributed by atoms with E-state index in [9.17, 15) is 22.8 Å². The Morgan fingerprint density at radius 2 is 2.14 bits per heavy atom. The van der Waals surface area contributed by atoms with E-state index in [0.29, 0.717) is 12.1 Å². The molecule has 6 nitrogen and oxygen atoms in total. The largest absolute Gasteiger partial charge is 0.416 e. The maximum atomic E-state index is 12.8. The van der Waals surface area contributed by atoms with Crippen LogP contribution in [0.3, 0.4) is 0 Å². The predicted molar refractivity (Wildman–Crippen MR) is 94.8 cm³/mol. The van der Waals surface area contributed by atoms with Crippen LogP contribution in [0.25, 0.3) is 0 Å². The van der Waals surface area contributed by atoms with Crippen molar-refractivity contribution in [3.63, 3.8) is 0 Å². The number of benzene rings is 1. The van der Waals surface area contributed by atoms with Gasteiger partial charge in [-0.1, -0.05) is 12.1 Å². The van der Waals surface area contributed by atoms with Crippen LogP contribution in [-0.4, -0.2) is 39.1 Å². The molecule has 2 atom stereocenters. The molecular formula is C19H21F3N4O2. The Kier molecular flexibility index (Phi) is 5.71. The number of rotatable bonds is 6. The zero-order valence-electron chi connectivity index (χ0n) is 15.3. The third-order valence-electron chi connectivity index (χ3n) is 4.62. The van der Waals surface area contributed by atoms with Crippen molar-refractivity contribution < 1.29 is 22.8 Å². The lowest BCUT2D eigenvalue weighted by Crippen LogP contribution is -2.40. The summed E-state index contributed by atoms with van der Waals surface area (Å²) in [5, 5.41) is 6.95. The minimum Gasteiger partial charge on any atom is -0.351 e. The first-order chi connectivity index (χ1) is 13.2. The van der Waals surface area contributed by atoms with Gasteiger partial charge in [0.2, 0.25) is 11.8 Å². The standard InChI is InChI=1S/C19H21F3N4O2/c1-13(10-26-7-3-6-23-26)24-18(28)15-9-17(27)25(12-15)11-14-4-2-5-16(8-14)19(20,21)22/h2-8,13,15H,9-12H2,1H3,(H,24,28)/t13-,15+/m0/s1. The second-order valence-corrected chi connectivity index (χ2v) is 7.01. The van der Waals surface area contributed by atoms with Gasteiger partial charge in [0.05, 0.1) is 18.0 Å². The van der Waals surface area contributed by atoms with Gasteiger partial charge in [0.15, 0.2) is 0 Å². The van der Waals surface area contributed by atoms with E-state index in [0.717, 1.165) is 12.1 Å². The van der Waals surface area contributed by atoms with E-state index in [1.54, 1.807) is 29.2 Å². The fourth-order valence-electron chi connectivity index (χ4n) is 3.26. The fourth-order valence-corrected chi connectivity index (χ4v) is 3.26. The van der Waals surface area contributed by atoms with Gasteiger partial charge >= 0.3 is 6.18 Å². The van der Waals surface area contributed by atoms with Crippen molar-refractivity contribution in [1.82, 2.24) is 20.0 Å². The van der Waals surface area contributed by atoms with E-state index in [-0.39, 0.29) is 37.4 Å². The molecule has 0 bridgehead atoms. The lowest BCUT2D eigenvalue weighted by Gasteiger charge is -2.19. The normalized spacial score (nSPS) is 18.4. The van der Waals surface area contributed by atoms with E-state index < -0.39 is 17.7 Å². The molecule has 1 aliphatic heterocycles. The summed E-state index contributed by atoms with van der Waals surface area (Å²) in [5.41, 5.74) is -0.366. The zero-order chi connectivity index (χ0) is 20.3. The summed E-state index contributed by atoms with van der Waals surface area (Å²) in [7, 11) is 0. The van der Waals surface area contributed by atoms with Gasteiger partial charge in [0.1, 0.15) is 0 Å². The number of hydrogen-bond acceptors (Lipinski definition) is 3. The van der Waals surface area contributed by atoms with Gasteiger partial charge in [-0.25, -0.2) is 0 Å². The first-order valence-electron chi connectivity index (χ1n) is 8.94. The van der Waals surface area contributed by atoms with Crippen molar-refractivity contribution in [2.75, 3.05) is 6.54 Å². The van der Waals surface area contributed by atoms with Gasteiger partial charge in [-0.05, 0) is 30.7 Å². The molecule has 1 fully saturated rings. The molecule has 1 saturated heterocycles. The first-order valence-corrected chi connectivity index (χ1v) is 8.94. The smallest absolute Gasteiger partial charge is 0.351 e. The maximum Gasteiger partial charge on any atom is 0.416 e. The maximum absolute atomic E-state index is 12.8. The van der Waals surface area contributed by atoms with Crippen LogP contribution < -0.4 is 5.32 Å². The number of nitrogens with zero attached hydrogens (tertiary/aromatic N) is 3. The van der Waals surface area contributed by atoms with Crippen LogP contribution >= 0.6 is 0 Å². The number of aromatic nitrogens is 2. The number of halogens is 3. The van der Waals surface area contributed by atoms with Gasteiger partial charge in [0, 0.05) is 37.9 Å². The molecule has 0 spiro atoms. The quantitative estimate of drug-likeness (QED) is 0.819. The average Bonchev–Trinajstić information content (AvgIpc) is 3.24. The number of nitrogens with one attached hydrogen (secondary N) is 1. The molecule has 1 aliphatic rings. The molecule has 1 aromatic heterocycles. The van der Waals surface area contributed by atoms with Crippen molar-refractivity contribution in [3.8, 4) is 0 Å². The van der Waals surface area contributed by atoms with Crippen LogP contribution in [0.15, 0.2) is 42.7 Å². The molecule has 9 heteroatoms. The van der Waals surface area contributed by atoms with Gasteiger partial charge < -0.3 is 10.2 Å². The Morgan fingerprint density at radius 1 is 1.36 bits per heavy atom. The van der Waals surface area contributed by atoms with Crippen molar-refractivity contribution in [3.05, 3.63) is 53.9 Å². The summed E-state index contributed by atoms with van der Waals surface area (Å²) < 4.78 is 40.2. The Hall–Kier alpha value is -2.84. The molecule has 28 heavy (non-hydrogen) atoms. The summed E-state index contributed by atoms with van der Waals surface area (Å²) in [6.07, 6.45) is -0.939. The van der Waals surface area contributed by atoms with Crippen LogP contribution in [-0.2, 0) is 28.9 Å². The number of carbonyl (C=O) groups is 2. The molecule has 0 radical (unpaired) electrons. The van der Waals surface area contributed by atoms with E-state index >= 15 is 0 Å². The number of likely N-dealkylation sites (tertiary alicyclic amines) is 1. The number of alkyl halides is 3. The number of amides is 2. The zero-order valence-corrected chi connectivity index (χ0v) is 15.3. The van der Waals surface area contributed by atoms with Gasteiger partial charge in [-0.3, -0.25) is 14.3 Å². The highest BCUT2D eigenvalue weighted by atomic mass is 19.4. The summed E-state index contributed by atoms with van der Waals surface area (Å²) in [5.74, 6) is -0.991. The first kappa shape index (κ1) is 19.9. The Labute approximate surface area is 160 Å². The van der Waals surface area contributed by atoms with Gasteiger partial charge in [-0.15, -0.1) is 0 Å². The Morgan fingerprint density at radius 3 is 2.82 bits per heavy atom. The summed E-state index contributed by atoms with van der Waals surface area (Å²) in [6.45, 7) is 2.59. The molecular weight excluding hydrogens is 373 g/mol. The Balaban J connectivity index is 1.56. The molecule has 1 N–H and O–H groups in total. The third kappa shape index (κ3) is 4.90. The lowest BCUT2D eigenvalue weighted by atomic mass is 10.1. The van der Waals surface area contributed by atoms with E-state index in [2.05, 4.69) is 10.4 Å². The van der Waals surface area contributed by atoms with E-state index in [1.807, 2.05) is 6.92 Å². The summed E-state index contributed by atoms with van der Waals surface area (Å²) in [6, 6.07) is 6.51. The van der Waals surface area contributed by atoms with Gasteiger partial charge in [-0.2, -0.15) is 18.3 Å². The number of carbonyl (C=O) groups excluding carboxylic acids is 2. The van der Waals surface area contributed by atoms with E-state index in [4.69, 9.17) is 0 Å². The molecule has 0 aliphatic carbocycles. The monoisotopic (exact) mass is 394 g/mol. The van der Waals surface area contributed by atoms with Crippen LogP contribution in [0.2, 0.25) is 0 Å². The molecule has 2 aromatic rings. The lowest BCUT2D eigenvalue weighted by molar-refractivity contribution is -0.137. The highest BCUT2D eigenvalue weighted by molar-refractivity contribution is 5.89. The minimum absolute atomic E-state index is 0.0510. The van der Waals surface area contributed by atoms with Crippen LogP contribution in [0.1, 0.15) is 24.5 Å². The van der Waals surface area contributed by atoms with Crippen molar-refractivity contribution >= 4 is 11.8 Å². The summed E-state index contributed by atoms with van der Waals surface area (Å²) in [4.78, 5) is 26.1. The molecule has 3 rings (SSSR count). The molecule has 0 saturated carbocycles. The molecule has 2 amide bonds. The van der Waals surface area contributed by atoms with Crippen LogP contribution in [0.4, 0.5) is 13.2 Å². The molecule has 150 valence electrons. The molecule has 1 aromatic carbocycles. The second-order valence-electron chi connectivity index (χ2n) is 7.01. The second kappa shape index (κ2) is 8.04. The summed E-state index contributed by atoms with van der Waals surface area (Å²) >= 11 is 0. The van der Waals surface area contributed by atoms with E-state index in [1.165, 1.54) is 11.0 Å². The third-order valence-corrected chi connectivity index (χ3v) is 4.62. The van der Waals surface area contributed by atoms with Crippen molar-refractivity contribution in [2.45, 2.75) is 38.7 Å². The molecule has 0 unspecified atom stereocenters. The predicted octanol–water partition coefficient (Wildman–Crippen LogP) is 2.46. The molecule has 2 heterocycles. The van der Waals surface area contributed by atoms with Crippen LogP contribution in [0.5, 0.6) is 0 Å². The fraction of sp³-hybridized carbons (Fsp3) is 0.421. The average molecular weight is 394 g/mol. The number of hydrogen-bond donors (Lipinski definition) is 1. The minimum atomic E-state index is -4.43. The van der Waals surface area contributed by atoms with Crippen LogP contribution in [0, 0.1) is 5.92 Å². The highest BCUT2D eigenvalue weighted by Crippen LogP contribution is 2.30. The Bertz CT molecular complexity index is 836. The topological polar surface area (TPSA) is 67.2 Å². The highest BCUT2D eigenvalue weighted by Gasteiger charge is 2.35. The van der Waals surface area contributed by atoms with Gasteiger partial charge in [0.25, 0.3) is 0 Å². The van der Waals surface area contributed by atoms with Crippen molar-refractivity contribution in [1.29, 1.82) is 0 Å². The van der Waals surface area contributed by atoms with Crippen molar-refractivity contribution in [2.24, 2.45) is 5.92 Å². The SMILES string of the molecule is C[C@@H](Cn1cccn1)NC(=O)[C@@H]1CC(=O)N(Cc2cccc(C(F)(F)F)c2)C1.